The maximum Gasteiger partial charge on any atom is 0.246 e. The fourth-order valence-electron chi connectivity index (χ4n) is 2.95. The number of likely N-dealkylation sites (N-methyl/N-ethyl adjacent to an activating group) is 1. The highest BCUT2D eigenvalue weighted by atomic mass is 32.2. The lowest BCUT2D eigenvalue weighted by atomic mass is 10.2. The topological polar surface area (TPSA) is 67.6 Å². The molecule has 0 N–H and O–H groups in total. The van der Waals surface area contributed by atoms with Gasteiger partial charge < -0.3 is 9.32 Å². The number of fused-ring (bicyclic) bond motifs is 1. The van der Waals surface area contributed by atoms with Crippen LogP contribution < -0.4 is 0 Å². The molecular formula is C17H19NO4S. The van der Waals surface area contributed by atoms with E-state index in [1.165, 1.54) is 6.08 Å². The second-order valence-corrected chi connectivity index (χ2v) is 7.93. The Morgan fingerprint density at radius 3 is 2.83 bits per heavy atom. The minimum atomic E-state index is -3.01. The van der Waals surface area contributed by atoms with Crippen LogP contribution in [0.1, 0.15) is 19.1 Å². The second-order valence-electron chi connectivity index (χ2n) is 5.70. The second kappa shape index (κ2) is 6.20. The summed E-state index contributed by atoms with van der Waals surface area (Å²) in [4.78, 5) is 14.0. The average molecular weight is 333 g/mol. The summed E-state index contributed by atoms with van der Waals surface area (Å²) in [6.45, 7) is 2.35. The van der Waals surface area contributed by atoms with Gasteiger partial charge in [0, 0.05) is 24.0 Å². The van der Waals surface area contributed by atoms with E-state index in [1.54, 1.807) is 11.0 Å². The first-order chi connectivity index (χ1) is 11.0. The van der Waals surface area contributed by atoms with E-state index in [2.05, 4.69) is 0 Å². The van der Waals surface area contributed by atoms with Crippen LogP contribution >= 0.6 is 0 Å². The summed E-state index contributed by atoms with van der Waals surface area (Å²) in [5.41, 5.74) is 0.772. The van der Waals surface area contributed by atoms with Crippen LogP contribution in [-0.4, -0.2) is 43.3 Å². The fourth-order valence-corrected chi connectivity index (χ4v) is 4.68. The third-order valence-corrected chi connectivity index (χ3v) is 5.86. The Morgan fingerprint density at radius 1 is 1.39 bits per heavy atom. The Kier molecular flexibility index (Phi) is 4.26. The Labute approximate surface area is 135 Å². The van der Waals surface area contributed by atoms with Crippen LogP contribution in [-0.2, 0) is 14.6 Å². The standard InChI is InChI=1S/C17H19NO4S/c1-2-18(14-9-10-23(20,21)12-14)17(19)8-7-15-11-13-5-3-4-6-16(13)22-15/h3-8,11,14H,2,9-10,12H2,1H3/b8-7+. The maximum absolute atomic E-state index is 12.4. The molecule has 1 aromatic heterocycles. The van der Waals surface area contributed by atoms with Crippen LogP contribution in [0.25, 0.3) is 17.0 Å². The molecule has 5 nitrogen and oxygen atoms in total. The zero-order valence-electron chi connectivity index (χ0n) is 12.9. The number of rotatable bonds is 4. The molecule has 0 bridgehead atoms. The van der Waals surface area contributed by atoms with Gasteiger partial charge in [0.15, 0.2) is 9.84 Å². The van der Waals surface area contributed by atoms with Crippen LogP contribution in [0.3, 0.4) is 0 Å². The van der Waals surface area contributed by atoms with Crippen molar-refractivity contribution < 1.29 is 17.6 Å². The van der Waals surface area contributed by atoms with Crippen molar-refractivity contribution in [1.29, 1.82) is 0 Å². The molecule has 23 heavy (non-hydrogen) atoms. The zero-order chi connectivity index (χ0) is 16.4. The summed E-state index contributed by atoms with van der Waals surface area (Å²) in [6.07, 6.45) is 3.60. The third kappa shape index (κ3) is 3.47. The van der Waals surface area contributed by atoms with E-state index in [9.17, 15) is 13.2 Å². The minimum Gasteiger partial charge on any atom is -0.457 e. The van der Waals surface area contributed by atoms with E-state index in [-0.39, 0.29) is 23.5 Å². The van der Waals surface area contributed by atoms with Crippen molar-refractivity contribution in [1.82, 2.24) is 4.90 Å². The predicted molar refractivity (Wildman–Crippen MR) is 89.7 cm³/mol. The lowest BCUT2D eigenvalue weighted by Crippen LogP contribution is -2.39. The van der Waals surface area contributed by atoms with Gasteiger partial charge >= 0.3 is 0 Å². The molecule has 1 aliphatic rings. The molecule has 1 amide bonds. The molecule has 1 fully saturated rings. The molecule has 0 aliphatic carbocycles. The quantitative estimate of drug-likeness (QED) is 0.806. The van der Waals surface area contributed by atoms with Crippen molar-refractivity contribution in [3.63, 3.8) is 0 Å². The van der Waals surface area contributed by atoms with Gasteiger partial charge in [-0.2, -0.15) is 0 Å². The van der Waals surface area contributed by atoms with Gasteiger partial charge in [-0.1, -0.05) is 18.2 Å². The van der Waals surface area contributed by atoms with Crippen molar-refractivity contribution in [3.05, 3.63) is 42.2 Å². The van der Waals surface area contributed by atoms with Gasteiger partial charge in [-0.05, 0) is 31.6 Å². The molecule has 3 rings (SSSR count). The van der Waals surface area contributed by atoms with Gasteiger partial charge in [-0.3, -0.25) is 4.79 Å². The largest absolute Gasteiger partial charge is 0.457 e. The number of hydrogen-bond donors (Lipinski definition) is 0. The Balaban J connectivity index is 1.74. The van der Waals surface area contributed by atoms with E-state index < -0.39 is 9.84 Å². The van der Waals surface area contributed by atoms with E-state index in [4.69, 9.17) is 4.42 Å². The summed E-state index contributed by atoms with van der Waals surface area (Å²) in [5, 5.41) is 0.980. The molecule has 6 heteroatoms. The predicted octanol–water partition coefficient (Wildman–Crippen LogP) is 2.48. The van der Waals surface area contributed by atoms with Crippen molar-refractivity contribution in [2.24, 2.45) is 0 Å². The molecule has 2 heterocycles. The van der Waals surface area contributed by atoms with Crippen LogP contribution in [0.2, 0.25) is 0 Å². The summed E-state index contributed by atoms with van der Waals surface area (Å²) in [6, 6.07) is 9.28. The first-order valence-electron chi connectivity index (χ1n) is 7.66. The number of sulfone groups is 1. The lowest BCUT2D eigenvalue weighted by molar-refractivity contribution is -0.127. The smallest absolute Gasteiger partial charge is 0.246 e. The molecule has 1 atom stereocenters. The van der Waals surface area contributed by atoms with Crippen LogP contribution in [0.5, 0.6) is 0 Å². The SMILES string of the molecule is CCN(C(=O)/C=C/c1cc2ccccc2o1)C1CCS(=O)(=O)C1. The van der Waals surface area contributed by atoms with E-state index >= 15 is 0 Å². The minimum absolute atomic E-state index is 0.0606. The molecule has 0 radical (unpaired) electrons. The maximum atomic E-state index is 12.4. The van der Waals surface area contributed by atoms with Crippen LogP contribution in [0, 0.1) is 0 Å². The number of carbonyl (C=O) groups excluding carboxylic acids is 1. The Hall–Kier alpha value is -2.08. The number of furan rings is 1. The van der Waals surface area contributed by atoms with Gasteiger partial charge in [-0.15, -0.1) is 0 Å². The molecule has 122 valence electrons. The molecule has 1 saturated heterocycles. The molecule has 0 saturated carbocycles. The monoisotopic (exact) mass is 333 g/mol. The number of hydrogen-bond acceptors (Lipinski definition) is 4. The van der Waals surface area contributed by atoms with Gasteiger partial charge in [0.25, 0.3) is 0 Å². The van der Waals surface area contributed by atoms with E-state index in [0.29, 0.717) is 18.7 Å². The normalized spacial score (nSPS) is 20.3. The average Bonchev–Trinajstić information content (AvgIpc) is 3.08. The molecule has 1 unspecified atom stereocenters. The van der Waals surface area contributed by atoms with Gasteiger partial charge in [0.2, 0.25) is 5.91 Å². The van der Waals surface area contributed by atoms with E-state index in [1.807, 2.05) is 37.3 Å². The van der Waals surface area contributed by atoms with Crippen molar-refractivity contribution in [3.8, 4) is 0 Å². The fraction of sp³-hybridized carbons (Fsp3) is 0.353. The Bertz CT molecular complexity index is 817. The summed E-state index contributed by atoms with van der Waals surface area (Å²) in [5.74, 6) is 0.643. The van der Waals surface area contributed by atoms with Gasteiger partial charge in [-0.25, -0.2) is 8.42 Å². The lowest BCUT2D eigenvalue weighted by Gasteiger charge is -2.25. The summed E-state index contributed by atoms with van der Waals surface area (Å²) >= 11 is 0. The van der Waals surface area contributed by atoms with Crippen LogP contribution in [0.15, 0.2) is 40.8 Å². The van der Waals surface area contributed by atoms with Crippen LogP contribution in [0.4, 0.5) is 0 Å². The first kappa shape index (κ1) is 15.8. The summed E-state index contributed by atoms with van der Waals surface area (Å²) in [7, 11) is -3.01. The van der Waals surface area contributed by atoms with Crippen molar-refractivity contribution in [2.75, 3.05) is 18.1 Å². The van der Waals surface area contributed by atoms with Gasteiger partial charge in [0.05, 0.1) is 11.5 Å². The highest BCUT2D eigenvalue weighted by Crippen LogP contribution is 2.21. The number of carbonyl (C=O) groups is 1. The van der Waals surface area contributed by atoms with Crippen molar-refractivity contribution in [2.45, 2.75) is 19.4 Å². The molecular weight excluding hydrogens is 314 g/mol. The highest BCUT2D eigenvalue weighted by molar-refractivity contribution is 7.91. The molecule has 2 aromatic rings. The van der Waals surface area contributed by atoms with E-state index in [0.717, 1.165) is 11.0 Å². The number of nitrogens with zero attached hydrogens (tertiary/aromatic N) is 1. The van der Waals surface area contributed by atoms with Gasteiger partial charge in [0.1, 0.15) is 11.3 Å². The van der Waals surface area contributed by atoms with Crippen molar-refractivity contribution >= 4 is 32.8 Å². The molecule has 1 aromatic carbocycles. The zero-order valence-corrected chi connectivity index (χ0v) is 13.8. The molecule has 0 spiro atoms. The number of amides is 1. The molecule has 1 aliphatic heterocycles. The summed E-state index contributed by atoms with van der Waals surface area (Å²) < 4.78 is 28.8. The number of para-hydroxylation sites is 1. The first-order valence-corrected chi connectivity index (χ1v) is 9.48. The highest BCUT2D eigenvalue weighted by Gasteiger charge is 2.33. The third-order valence-electron chi connectivity index (χ3n) is 4.11. The Morgan fingerprint density at radius 2 is 2.17 bits per heavy atom. The number of benzene rings is 1.